The molecule has 0 bridgehead atoms. The summed E-state index contributed by atoms with van der Waals surface area (Å²) in [7, 11) is 0. The van der Waals surface area contributed by atoms with E-state index in [4.69, 9.17) is 4.74 Å². The second-order valence-corrected chi connectivity index (χ2v) is 6.25. The zero-order valence-corrected chi connectivity index (χ0v) is 12.6. The van der Waals surface area contributed by atoms with Gasteiger partial charge >= 0.3 is 0 Å². The molecule has 2 aromatic heterocycles. The molecule has 1 aromatic carbocycles. The largest absolute Gasteiger partial charge is 0.493 e. The van der Waals surface area contributed by atoms with Gasteiger partial charge < -0.3 is 15.2 Å². The quantitative estimate of drug-likeness (QED) is 0.778. The predicted molar refractivity (Wildman–Crippen MR) is 86.4 cm³/mol. The van der Waals surface area contributed by atoms with Crippen molar-refractivity contribution in [1.82, 2.24) is 9.97 Å². The molecule has 0 fully saturated rings. The molecule has 1 aliphatic rings. The molecule has 4 rings (SSSR count). The molecule has 0 amide bonds. The van der Waals surface area contributed by atoms with Crippen LogP contribution in [0.3, 0.4) is 0 Å². The summed E-state index contributed by atoms with van der Waals surface area (Å²) in [5.41, 5.74) is 0.788. The highest BCUT2D eigenvalue weighted by atomic mass is 32.1. The number of thiophene rings is 1. The van der Waals surface area contributed by atoms with Crippen LogP contribution in [0.2, 0.25) is 0 Å². The van der Waals surface area contributed by atoms with Crippen LogP contribution in [0, 0.1) is 0 Å². The lowest BCUT2D eigenvalue weighted by atomic mass is 9.88. The van der Waals surface area contributed by atoms with Crippen molar-refractivity contribution in [3.63, 3.8) is 0 Å². The van der Waals surface area contributed by atoms with Crippen LogP contribution < -0.4 is 10.1 Å². The van der Waals surface area contributed by atoms with Crippen LogP contribution in [0.25, 0.3) is 10.2 Å². The first-order valence-electron chi connectivity index (χ1n) is 7.13. The van der Waals surface area contributed by atoms with Crippen molar-refractivity contribution < 1.29 is 9.84 Å². The molecule has 6 heteroatoms. The Balaban J connectivity index is 1.63. The van der Waals surface area contributed by atoms with Gasteiger partial charge in [0.2, 0.25) is 0 Å². The summed E-state index contributed by atoms with van der Waals surface area (Å²) < 4.78 is 6.62. The molecule has 5 nitrogen and oxygen atoms in total. The summed E-state index contributed by atoms with van der Waals surface area (Å²) in [6.07, 6.45) is 2.09. The number of nitrogens with zero attached hydrogens (tertiary/aromatic N) is 2. The topological polar surface area (TPSA) is 67.3 Å². The van der Waals surface area contributed by atoms with E-state index in [1.807, 2.05) is 35.7 Å². The minimum Gasteiger partial charge on any atom is -0.493 e. The third-order valence-corrected chi connectivity index (χ3v) is 4.86. The molecule has 22 heavy (non-hydrogen) atoms. The first-order valence-corrected chi connectivity index (χ1v) is 8.01. The minimum absolute atomic E-state index is 0.386. The van der Waals surface area contributed by atoms with Crippen molar-refractivity contribution in [1.29, 1.82) is 0 Å². The Morgan fingerprint density at radius 2 is 2.18 bits per heavy atom. The fourth-order valence-electron chi connectivity index (χ4n) is 2.77. The van der Waals surface area contributed by atoms with Crippen molar-refractivity contribution >= 4 is 27.4 Å². The number of hydrogen-bond donors (Lipinski definition) is 2. The van der Waals surface area contributed by atoms with Crippen molar-refractivity contribution in [2.24, 2.45) is 0 Å². The second-order valence-electron chi connectivity index (χ2n) is 5.34. The van der Waals surface area contributed by atoms with Gasteiger partial charge in [-0.1, -0.05) is 18.2 Å². The Morgan fingerprint density at radius 1 is 1.27 bits per heavy atom. The monoisotopic (exact) mass is 313 g/mol. The second kappa shape index (κ2) is 5.23. The number of benzene rings is 1. The molecule has 0 aliphatic carbocycles. The normalized spacial score (nSPS) is 20.4. The first kappa shape index (κ1) is 13.5. The minimum atomic E-state index is -0.955. The van der Waals surface area contributed by atoms with E-state index in [2.05, 4.69) is 15.3 Å². The number of anilines is 1. The van der Waals surface area contributed by atoms with Gasteiger partial charge in [-0.15, -0.1) is 11.3 Å². The number of para-hydroxylation sites is 1. The lowest BCUT2D eigenvalue weighted by Gasteiger charge is -2.34. The molecule has 0 saturated heterocycles. The molecule has 112 valence electrons. The first-order chi connectivity index (χ1) is 10.8. The highest BCUT2D eigenvalue weighted by Crippen LogP contribution is 2.37. The van der Waals surface area contributed by atoms with Crippen LogP contribution in [0.1, 0.15) is 12.0 Å². The Kier molecular flexibility index (Phi) is 3.20. The SMILES string of the molecule is OC1(CNc2ncnc3ccsc23)CCOc2ccccc21. The third-order valence-electron chi connectivity index (χ3n) is 3.95. The summed E-state index contributed by atoms with van der Waals surface area (Å²) in [5, 5.41) is 16.3. The van der Waals surface area contributed by atoms with Gasteiger partial charge in [0.1, 0.15) is 23.5 Å². The average molecular weight is 313 g/mol. The van der Waals surface area contributed by atoms with Crippen LogP contribution in [-0.2, 0) is 5.60 Å². The van der Waals surface area contributed by atoms with Crippen molar-refractivity contribution in [2.75, 3.05) is 18.5 Å². The van der Waals surface area contributed by atoms with E-state index in [0.29, 0.717) is 19.6 Å². The number of rotatable bonds is 3. The van der Waals surface area contributed by atoms with Gasteiger partial charge in [-0.05, 0) is 17.5 Å². The van der Waals surface area contributed by atoms with Crippen LogP contribution in [0.15, 0.2) is 42.0 Å². The van der Waals surface area contributed by atoms with Crippen molar-refractivity contribution in [3.8, 4) is 5.75 Å². The number of nitrogens with one attached hydrogen (secondary N) is 1. The maximum atomic E-state index is 11.0. The molecule has 2 N–H and O–H groups in total. The molecular formula is C16H15N3O2S. The lowest BCUT2D eigenvalue weighted by molar-refractivity contribution is 0.00911. The number of hydrogen-bond acceptors (Lipinski definition) is 6. The smallest absolute Gasteiger partial charge is 0.147 e. The van der Waals surface area contributed by atoms with E-state index >= 15 is 0 Å². The van der Waals surface area contributed by atoms with Gasteiger partial charge in [0.15, 0.2) is 0 Å². The summed E-state index contributed by atoms with van der Waals surface area (Å²) in [4.78, 5) is 8.52. The molecular weight excluding hydrogens is 298 g/mol. The third kappa shape index (κ3) is 2.20. The molecule has 0 saturated carbocycles. The molecule has 1 unspecified atom stereocenters. The highest BCUT2D eigenvalue weighted by Gasteiger charge is 2.35. The Hall–Kier alpha value is -2.18. The average Bonchev–Trinajstić information content (AvgIpc) is 3.03. The van der Waals surface area contributed by atoms with Crippen LogP contribution in [-0.4, -0.2) is 28.2 Å². The van der Waals surface area contributed by atoms with Gasteiger partial charge in [-0.3, -0.25) is 0 Å². The Morgan fingerprint density at radius 3 is 3.14 bits per heavy atom. The predicted octanol–water partition coefficient (Wildman–Crippen LogP) is 2.77. The fourth-order valence-corrected chi connectivity index (χ4v) is 3.58. The van der Waals surface area contributed by atoms with Crippen molar-refractivity contribution in [3.05, 3.63) is 47.6 Å². The zero-order chi connectivity index (χ0) is 15.0. The van der Waals surface area contributed by atoms with Crippen LogP contribution in [0.5, 0.6) is 5.75 Å². The fraction of sp³-hybridized carbons (Fsp3) is 0.250. The van der Waals surface area contributed by atoms with Gasteiger partial charge in [0, 0.05) is 18.5 Å². The summed E-state index contributed by atoms with van der Waals surface area (Å²) >= 11 is 1.59. The molecule has 3 heterocycles. The van der Waals surface area contributed by atoms with Gasteiger partial charge in [-0.25, -0.2) is 9.97 Å². The van der Waals surface area contributed by atoms with E-state index in [1.54, 1.807) is 17.7 Å². The Bertz CT molecular complexity index is 820. The van der Waals surface area contributed by atoms with Gasteiger partial charge in [0.05, 0.1) is 16.8 Å². The number of aromatic nitrogens is 2. The lowest BCUT2D eigenvalue weighted by Crippen LogP contribution is -2.39. The Labute approximate surface area is 131 Å². The van der Waals surface area contributed by atoms with E-state index < -0.39 is 5.60 Å². The summed E-state index contributed by atoms with van der Waals surface area (Å²) in [6, 6.07) is 9.60. The molecule has 0 spiro atoms. The molecule has 1 aliphatic heterocycles. The molecule has 1 atom stereocenters. The molecule has 0 radical (unpaired) electrons. The van der Waals surface area contributed by atoms with E-state index in [1.165, 1.54) is 0 Å². The summed E-state index contributed by atoms with van der Waals surface area (Å²) in [5.74, 6) is 1.51. The summed E-state index contributed by atoms with van der Waals surface area (Å²) in [6.45, 7) is 0.894. The molecule has 3 aromatic rings. The van der Waals surface area contributed by atoms with E-state index in [-0.39, 0.29) is 0 Å². The van der Waals surface area contributed by atoms with Crippen molar-refractivity contribution in [2.45, 2.75) is 12.0 Å². The van der Waals surface area contributed by atoms with E-state index in [9.17, 15) is 5.11 Å². The number of aliphatic hydroxyl groups is 1. The van der Waals surface area contributed by atoms with E-state index in [0.717, 1.165) is 27.3 Å². The van der Waals surface area contributed by atoms with Crippen LogP contribution in [0.4, 0.5) is 5.82 Å². The highest BCUT2D eigenvalue weighted by molar-refractivity contribution is 7.17. The number of ether oxygens (including phenoxy) is 1. The standard InChI is InChI=1S/C16H15N3O2S/c20-16(6-7-21-13-4-2-1-3-11(13)16)9-17-15-14-12(5-8-22-14)18-10-19-15/h1-5,8,10,20H,6-7,9H2,(H,17,18,19). The number of fused-ring (bicyclic) bond motifs is 2. The van der Waals surface area contributed by atoms with Crippen LogP contribution >= 0.6 is 11.3 Å². The zero-order valence-electron chi connectivity index (χ0n) is 11.8. The maximum Gasteiger partial charge on any atom is 0.147 e. The van der Waals surface area contributed by atoms with Gasteiger partial charge in [0.25, 0.3) is 0 Å². The maximum absolute atomic E-state index is 11.0. The van der Waals surface area contributed by atoms with Gasteiger partial charge in [-0.2, -0.15) is 0 Å².